The summed E-state index contributed by atoms with van der Waals surface area (Å²) >= 11 is 3.22. The van der Waals surface area contributed by atoms with Crippen LogP contribution in [0, 0.1) is 5.82 Å². The Hall–Kier alpha value is -0.640. The molecule has 0 heterocycles. The molecule has 0 atom stereocenters. The molecule has 0 unspecified atom stereocenters. The molecule has 0 amide bonds. The van der Waals surface area contributed by atoms with Crippen LogP contribution in [-0.2, 0) is 0 Å². The largest absolute Gasteiger partial charge is 0.383 e. The lowest BCUT2D eigenvalue weighted by Gasteiger charge is -2.06. The van der Waals surface area contributed by atoms with Crippen molar-refractivity contribution in [1.29, 1.82) is 0 Å². The molecule has 0 bridgehead atoms. The highest BCUT2D eigenvalue weighted by atomic mass is 79.9. The van der Waals surface area contributed by atoms with Crippen molar-refractivity contribution in [3.63, 3.8) is 0 Å². The van der Waals surface area contributed by atoms with E-state index in [4.69, 9.17) is 0 Å². The zero-order chi connectivity index (χ0) is 9.68. The first-order chi connectivity index (χ1) is 6.24. The van der Waals surface area contributed by atoms with E-state index in [1.54, 1.807) is 12.1 Å². The smallest absolute Gasteiger partial charge is 0.146 e. The van der Waals surface area contributed by atoms with Crippen molar-refractivity contribution in [3.05, 3.63) is 28.5 Å². The highest BCUT2D eigenvalue weighted by Gasteiger charge is 2.00. The van der Waals surface area contributed by atoms with Gasteiger partial charge in [0.25, 0.3) is 0 Å². The monoisotopic (exact) mass is 249 g/mol. The van der Waals surface area contributed by atoms with E-state index in [-0.39, 0.29) is 12.5 Å². The Morgan fingerprint density at radius 2 is 2.15 bits per heavy atom. The molecular weight excluding hydrogens is 240 g/mol. The minimum absolute atomic E-state index is 0.318. The Balaban J connectivity index is 2.59. The third-order valence-electron chi connectivity index (χ3n) is 1.55. The van der Waals surface area contributed by atoms with Gasteiger partial charge in [0, 0.05) is 11.0 Å². The lowest BCUT2D eigenvalue weighted by Crippen LogP contribution is -2.03. The summed E-state index contributed by atoms with van der Waals surface area (Å²) in [4.78, 5) is 0. The van der Waals surface area contributed by atoms with Crippen molar-refractivity contribution in [1.82, 2.24) is 0 Å². The van der Waals surface area contributed by atoms with Gasteiger partial charge in [-0.1, -0.05) is 15.9 Å². The van der Waals surface area contributed by atoms with E-state index in [1.165, 1.54) is 6.07 Å². The number of benzene rings is 1. The Labute approximate surface area is 84.3 Å². The Morgan fingerprint density at radius 1 is 1.38 bits per heavy atom. The molecule has 1 aromatic carbocycles. The third kappa shape index (κ3) is 3.30. The zero-order valence-electron chi connectivity index (χ0n) is 6.99. The maximum absolute atomic E-state index is 13.0. The first-order valence-corrected chi connectivity index (χ1v) is 4.78. The fourth-order valence-electron chi connectivity index (χ4n) is 0.923. The topological polar surface area (TPSA) is 12.0 Å². The first kappa shape index (κ1) is 10.4. The first-order valence-electron chi connectivity index (χ1n) is 3.99. The normalized spacial score (nSPS) is 10.1. The van der Waals surface area contributed by atoms with Gasteiger partial charge in [-0.05, 0) is 24.6 Å². The molecule has 0 spiro atoms. The predicted molar refractivity (Wildman–Crippen MR) is 53.2 cm³/mol. The standard InChI is InChI=1S/C9H10BrF2N/c10-7-2-3-8(12)9(6-7)13-5-1-4-11/h2-3,6,13H,1,4-5H2. The maximum Gasteiger partial charge on any atom is 0.146 e. The van der Waals surface area contributed by atoms with Crippen LogP contribution in [0.1, 0.15) is 6.42 Å². The van der Waals surface area contributed by atoms with Crippen molar-refractivity contribution in [2.45, 2.75) is 6.42 Å². The molecule has 0 aliphatic rings. The average molecular weight is 250 g/mol. The predicted octanol–water partition coefficient (Wildman–Crippen LogP) is 3.36. The molecular formula is C9H10BrF2N. The molecule has 0 aliphatic carbocycles. The molecule has 0 aliphatic heterocycles. The van der Waals surface area contributed by atoms with Crippen LogP contribution >= 0.6 is 15.9 Å². The second-order valence-corrected chi connectivity index (χ2v) is 3.51. The van der Waals surface area contributed by atoms with Crippen LogP contribution in [0.4, 0.5) is 14.5 Å². The van der Waals surface area contributed by atoms with E-state index >= 15 is 0 Å². The van der Waals surface area contributed by atoms with Gasteiger partial charge in [-0.2, -0.15) is 0 Å². The molecule has 72 valence electrons. The van der Waals surface area contributed by atoms with Gasteiger partial charge in [0.05, 0.1) is 12.4 Å². The lowest BCUT2D eigenvalue weighted by molar-refractivity contribution is 0.480. The Bertz CT molecular complexity index is 278. The highest BCUT2D eigenvalue weighted by Crippen LogP contribution is 2.19. The summed E-state index contributed by atoms with van der Waals surface area (Å²) in [7, 11) is 0. The summed E-state index contributed by atoms with van der Waals surface area (Å²) < 4.78 is 25.6. The van der Waals surface area contributed by atoms with Gasteiger partial charge in [0.1, 0.15) is 5.82 Å². The van der Waals surface area contributed by atoms with Gasteiger partial charge in [0.15, 0.2) is 0 Å². The van der Waals surface area contributed by atoms with Gasteiger partial charge in [0.2, 0.25) is 0 Å². The van der Waals surface area contributed by atoms with Crippen LogP contribution in [0.25, 0.3) is 0 Å². The third-order valence-corrected chi connectivity index (χ3v) is 2.05. The SMILES string of the molecule is FCCCNc1cc(Br)ccc1F. The summed E-state index contributed by atoms with van der Waals surface area (Å²) in [6, 6.07) is 4.62. The minimum Gasteiger partial charge on any atom is -0.383 e. The van der Waals surface area contributed by atoms with Crippen LogP contribution in [0.5, 0.6) is 0 Å². The molecule has 1 rings (SSSR count). The van der Waals surface area contributed by atoms with Crippen LogP contribution in [0.15, 0.2) is 22.7 Å². The summed E-state index contributed by atoms with van der Waals surface area (Å²) in [5.41, 5.74) is 0.405. The average Bonchev–Trinajstić information content (AvgIpc) is 2.11. The number of nitrogens with one attached hydrogen (secondary N) is 1. The number of anilines is 1. The molecule has 0 radical (unpaired) electrons. The van der Waals surface area contributed by atoms with E-state index in [1.807, 2.05) is 0 Å². The van der Waals surface area contributed by atoms with E-state index in [2.05, 4.69) is 21.2 Å². The molecule has 1 N–H and O–H groups in total. The maximum atomic E-state index is 13.0. The second kappa shape index (κ2) is 5.17. The summed E-state index contributed by atoms with van der Waals surface area (Å²) in [6.07, 6.45) is 0.395. The molecule has 4 heteroatoms. The van der Waals surface area contributed by atoms with E-state index < -0.39 is 0 Å². The highest BCUT2D eigenvalue weighted by molar-refractivity contribution is 9.10. The van der Waals surface area contributed by atoms with Crippen molar-refractivity contribution < 1.29 is 8.78 Å². The van der Waals surface area contributed by atoms with E-state index in [0.29, 0.717) is 18.7 Å². The summed E-state index contributed by atoms with van der Waals surface area (Å²) in [5.74, 6) is -0.318. The number of rotatable bonds is 4. The second-order valence-electron chi connectivity index (χ2n) is 2.59. The van der Waals surface area contributed by atoms with E-state index in [9.17, 15) is 8.78 Å². The number of hydrogen-bond donors (Lipinski definition) is 1. The van der Waals surface area contributed by atoms with Crippen molar-refractivity contribution >= 4 is 21.6 Å². The zero-order valence-corrected chi connectivity index (χ0v) is 8.57. The molecule has 0 saturated heterocycles. The van der Waals surface area contributed by atoms with Gasteiger partial charge in [-0.25, -0.2) is 4.39 Å². The fraction of sp³-hybridized carbons (Fsp3) is 0.333. The molecule has 13 heavy (non-hydrogen) atoms. The van der Waals surface area contributed by atoms with Gasteiger partial charge in [-0.15, -0.1) is 0 Å². The van der Waals surface area contributed by atoms with Gasteiger partial charge < -0.3 is 5.32 Å². The number of halogens is 3. The van der Waals surface area contributed by atoms with Gasteiger partial charge >= 0.3 is 0 Å². The van der Waals surface area contributed by atoms with Gasteiger partial charge in [-0.3, -0.25) is 4.39 Å². The molecule has 1 nitrogen and oxygen atoms in total. The molecule has 1 aromatic rings. The molecule has 0 fully saturated rings. The fourth-order valence-corrected chi connectivity index (χ4v) is 1.28. The van der Waals surface area contributed by atoms with Crippen molar-refractivity contribution in [2.75, 3.05) is 18.5 Å². The Kier molecular flexibility index (Phi) is 4.15. The summed E-state index contributed by atoms with van der Waals surface area (Å²) in [6.45, 7) is 0.0620. The Morgan fingerprint density at radius 3 is 2.85 bits per heavy atom. The van der Waals surface area contributed by atoms with E-state index in [0.717, 1.165) is 4.47 Å². The number of hydrogen-bond acceptors (Lipinski definition) is 1. The van der Waals surface area contributed by atoms with Crippen LogP contribution in [0.2, 0.25) is 0 Å². The van der Waals surface area contributed by atoms with Crippen molar-refractivity contribution in [2.24, 2.45) is 0 Å². The lowest BCUT2D eigenvalue weighted by atomic mass is 10.3. The van der Waals surface area contributed by atoms with Crippen LogP contribution in [0.3, 0.4) is 0 Å². The van der Waals surface area contributed by atoms with Crippen molar-refractivity contribution in [3.8, 4) is 0 Å². The molecule has 0 saturated carbocycles. The van der Waals surface area contributed by atoms with Crippen LogP contribution in [-0.4, -0.2) is 13.2 Å². The van der Waals surface area contributed by atoms with Crippen LogP contribution < -0.4 is 5.32 Å². The quantitative estimate of drug-likeness (QED) is 0.808. The summed E-state index contributed by atoms with van der Waals surface area (Å²) in [5, 5.41) is 2.81. The minimum atomic E-state index is -0.386. The molecule has 0 aromatic heterocycles. The number of alkyl halides is 1.